The molecule has 3 aromatic rings. The Balaban J connectivity index is 2.28. The summed E-state index contributed by atoms with van der Waals surface area (Å²) in [6.45, 7) is 0. The number of rotatable bonds is 4. The van der Waals surface area contributed by atoms with E-state index in [4.69, 9.17) is 5.73 Å². The molecule has 1 heterocycles. The van der Waals surface area contributed by atoms with Gasteiger partial charge >= 0.3 is 0 Å². The van der Waals surface area contributed by atoms with Crippen LogP contribution in [-0.4, -0.2) is 21.2 Å². The Bertz CT molecular complexity index is 941. The summed E-state index contributed by atoms with van der Waals surface area (Å²) in [6, 6.07) is 14.5. The maximum absolute atomic E-state index is 12.9. The van der Waals surface area contributed by atoms with Crippen LogP contribution in [0.25, 0.3) is 16.6 Å². The predicted octanol–water partition coefficient (Wildman–Crippen LogP) is 2.73. The van der Waals surface area contributed by atoms with Crippen molar-refractivity contribution in [1.29, 1.82) is 0 Å². The first-order valence-corrected chi connectivity index (χ1v) is 8.53. The number of carbonyl (C=O) groups is 1. The van der Waals surface area contributed by atoms with Crippen molar-refractivity contribution in [2.24, 2.45) is 5.73 Å². The summed E-state index contributed by atoms with van der Waals surface area (Å²) in [7, 11) is 0. The lowest BCUT2D eigenvalue weighted by atomic mass is 10.2. The van der Waals surface area contributed by atoms with Gasteiger partial charge in [-0.25, -0.2) is 4.98 Å². The van der Waals surface area contributed by atoms with Crippen molar-refractivity contribution in [3.8, 4) is 5.69 Å². The van der Waals surface area contributed by atoms with E-state index in [2.05, 4.69) is 20.9 Å². The fraction of sp³-hybridized carbons (Fsp3) is 0.0625. The number of nitrogens with two attached hydrogens (primary N) is 1. The van der Waals surface area contributed by atoms with Crippen molar-refractivity contribution >= 4 is 44.5 Å². The molecular weight excluding hydrogens is 378 g/mol. The van der Waals surface area contributed by atoms with Crippen molar-refractivity contribution in [1.82, 2.24) is 9.55 Å². The second-order valence-electron chi connectivity index (χ2n) is 4.79. The summed E-state index contributed by atoms with van der Waals surface area (Å²) in [5, 5.41) is 0.946. The highest BCUT2D eigenvalue weighted by Crippen LogP contribution is 2.22. The van der Waals surface area contributed by atoms with Gasteiger partial charge in [-0.1, -0.05) is 45.9 Å². The highest BCUT2D eigenvalue weighted by Gasteiger charge is 2.14. The van der Waals surface area contributed by atoms with E-state index in [0.29, 0.717) is 21.7 Å². The number of thioether (sulfide) groups is 1. The van der Waals surface area contributed by atoms with Crippen LogP contribution in [-0.2, 0) is 4.79 Å². The fourth-order valence-corrected chi connectivity index (χ4v) is 3.29. The monoisotopic (exact) mass is 389 g/mol. The van der Waals surface area contributed by atoms with Gasteiger partial charge < -0.3 is 5.73 Å². The second-order valence-corrected chi connectivity index (χ2v) is 6.65. The summed E-state index contributed by atoms with van der Waals surface area (Å²) >= 11 is 4.52. The van der Waals surface area contributed by atoms with Crippen molar-refractivity contribution in [2.75, 3.05) is 5.75 Å². The van der Waals surface area contributed by atoms with Gasteiger partial charge in [0.15, 0.2) is 5.16 Å². The van der Waals surface area contributed by atoms with Crippen LogP contribution in [0.15, 0.2) is 63.0 Å². The molecule has 2 N–H and O–H groups in total. The molecule has 0 aliphatic carbocycles. The molecule has 0 saturated carbocycles. The van der Waals surface area contributed by atoms with Crippen LogP contribution in [0.4, 0.5) is 0 Å². The number of halogens is 1. The molecule has 116 valence electrons. The van der Waals surface area contributed by atoms with E-state index in [-0.39, 0.29) is 11.3 Å². The lowest BCUT2D eigenvalue weighted by molar-refractivity contribution is -0.115. The van der Waals surface area contributed by atoms with Crippen LogP contribution in [0.3, 0.4) is 0 Å². The zero-order chi connectivity index (χ0) is 16.4. The fourth-order valence-electron chi connectivity index (χ4n) is 2.17. The van der Waals surface area contributed by atoms with Crippen LogP contribution >= 0.6 is 27.7 Å². The van der Waals surface area contributed by atoms with Crippen LogP contribution in [0.1, 0.15) is 0 Å². The summed E-state index contributed by atoms with van der Waals surface area (Å²) in [5.74, 6) is -0.402. The van der Waals surface area contributed by atoms with Gasteiger partial charge in [0.25, 0.3) is 5.56 Å². The Morgan fingerprint density at radius 2 is 1.96 bits per heavy atom. The van der Waals surface area contributed by atoms with E-state index < -0.39 is 5.91 Å². The molecule has 0 atom stereocenters. The number of amides is 1. The molecule has 0 fully saturated rings. The van der Waals surface area contributed by atoms with Crippen LogP contribution in [0.2, 0.25) is 0 Å². The number of primary amides is 1. The summed E-state index contributed by atoms with van der Waals surface area (Å²) in [6.07, 6.45) is 0. The van der Waals surface area contributed by atoms with E-state index in [1.807, 2.05) is 36.4 Å². The lowest BCUT2D eigenvalue weighted by Crippen LogP contribution is -2.23. The van der Waals surface area contributed by atoms with Gasteiger partial charge in [0, 0.05) is 4.47 Å². The van der Waals surface area contributed by atoms with Crippen molar-refractivity contribution in [2.45, 2.75) is 5.16 Å². The Hall–Kier alpha value is -2.12. The van der Waals surface area contributed by atoms with E-state index in [0.717, 1.165) is 16.2 Å². The zero-order valence-corrected chi connectivity index (χ0v) is 14.3. The van der Waals surface area contributed by atoms with Gasteiger partial charge in [0.1, 0.15) is 0 Å². The van der Waals surface area contributed by atoms with Gasteiger partial charge in [-0.2, -0.15) is 0 Å². The third-order valence-corrected chi connectivity index (χ3v) is 4.61. The maximum atomic E-state index is 12.9. The number of aromatic nitrogens is 2. The van der Waals surface area contributed by atoms with Crippen molar-refractivity contribution in [3.63, 3.8) is 0 Å². The van der Waals surface area contributed by atoms with Crippen molar-refractivity contribution < 1.29 is 4.79 Å². The molecule has 0 aliphatic heterocycles. The standard InChI is InChI=1S/C16H12BrN3O2S/c17-10-6-7-13-12(8-10)15(22)20(11-4-2-1-3-5-11)16(19-13)23-9-14(18)21/h1-8H,9H2,(H2,18,21). The number of nitrogens with zero attached hydrogens (tertiary/aromatic N) is 2. The average Bonchev–Trinajstić information content (AvgIpc) is 2.54. The molecule has 0 radical (unpaired) electrons. The third kappa shape index (κ3) is 3.30. The first-order valence-electron chi connectivity index (χ1n) is 6.75. The summed E-state index contributed by atoms with van der Waals surface area (Å²) < 4.78 is 2.31. The lowest BCUT2D eigenvalue weighted by Gasteiger charge is -2.12. The SMILES string of the molecule is NC(=O)CSc1nc2ccc(Br)cc2c(=O)n1-c1ccccc1. The second kappa shape index (κ2) is 6.55. The smallest absolute Gasteiger partial charge is 0.266 e. The molecule has 0 spiro atoms. The molecule has 2 aromatic carbocycles. The number of hydrogen-bond donors (Lipinski definition) is 1. The van der Waals surface area contributed by atoms with Gasteiger partial charge in [0.05, 0.1) is 22.3 Å². The molecule has 23 heavy (non-hydrogen) atoms. The normalized spacial score (nSPS) is 10.8. The molecule has 7 heteroatoms. The Labute approximate surface area is 144 Å². The van der Waals surface area contributed by atoms with Gasteiger partial charge in [-0.05, 0) is 30.3 Å². The van der Waals surface area contributed by atoms with Crippen LogP contribution in [0.5, 0.6) is 0 Å². The zero-order valence-electron chi connectivity index (χ0n) is 11.9. The highest BCUT2D eigenvalue weighted by atomic mass is 79.9. The molecular formula is C16H12BrN3O2S. The number of fused-ring (bicyclic) bond motifs is 1. The van der Waals surface area contributed by atoms with E-state index in [9.17, 15) is 9.59 Å². The number of para-hydroxylation sites is 1. The maximum Gasteiger partial charge on any atom is 0.266 e. The largest absolute Gasteiger partial charge is 0.369 e. The third-order valence-electron chi connectivity index (χ3n) is 3.16. The molecule has 1 aromatic heterocycles. The molecule has 5 nitrogen and oxygen atoms in total. The van der Waals surface area contributed by atoms with Gasteiger partial charge in [-0.3, -0.25) is 14.2 Å². The molecule has 3 rings (SSSR count). The Morgan fingerprint density at radius 3 is 2.65 bits per heavy atom. The predicted molar refractivity (Wildman–Crippen MR) is 95.0 cm³/mol. The number of benzene rings is 2. The highest BCUT2D eigenvalue weighted by molar-refractivity contribution is 9.10. The summed E-state index contributed by atoms with van der Waals surface area (Å²) in [5.41, 5.74) is 6.31. The molecule has 0 saturated heterocycles. The van der Waals surface area contributed by atoms with E-state index in [1.54, 1.807) is 12.1 Å². The van der Waals surface area contributed by atoms with Gasteiger partial charge in [0.2, 0.25) is 5.91 Å². The van der Waals surface area contributed by atoms with Crippen LogP contribution < -0.4 is 11.3 Å². The minimum Gasteiger partial charge on any atom is -0.369 e. The molecule has 0 unspecified atom stereocenters. The number of hydrogen-bond acceptors (Lipinski definition) is 4. The van der Waals surface area contributed by atoms with Crippen molar-refractivity contribution in [3.05, 3.63) is 63.4 Å². The first-order chi connectivity index (χ1) is 11.1. The Kier molecular flexibility index (Phi) is 4.49. The minimum absolute atomic E-state index is 0.0569. The topological polar surface area (TPSA) is 78.0 Å². The average molecular weight is 390 g/mol. The molecule has 0 aliphatic rings. The molecule has 1 amide bonds. The first kappa shape index (κ1) is 15.8. The Morgan fingerprint density at radius 1 is 1.22 bits per heavy atom. The van der Waals surface area contributed by atoms with E-state index >= 15 is 0 Å². The van der Waals surface area contributed by atoms with Gasteiger partial charge in [-0.15, -0.1) is 0 Å². The summed E-state index contributed by atoms with van der Waals surface area (Å²) in [4.78, 5) is 28.5. The minimum atomic E-state index is -0.459. The quantitative estimate of drug-likeness (QED) is 0.549. The van der Waals surface area contributed by atoms with Crippen LogP contribution in [0, 0.1) is 0 Å². The molecule has 0 bridgehead atoms. The number of carbonyl (C=O) groups excluding carboxylic acids is 1. The van der Waals surface area contributed by atoms with E-state index in [1.165, 1.54) is 4.57 Å².